The predicted octanol–water partition coefficient (Wildman–Crippen LogP) is -0.250. The average Bonchev–Trinajstić information content (AvgIpc) is 2.55. The maximum absolute atomic E-state index is 11.5. The van der Waals surface area contributed by atoms with Crippen LogP contribution in [0.15, 0.2) is 0 Å². The minimum absolute atomic E-state index is 0.0461. The first kappa shape index (κ1) is 12.6. The Morgan fingerprint density at radius 1 is 1.56 bits per heavy atom. The molecule has 90 valence electrons. The number of carbonyl (C=O) groups is 3. The number of ketones is 1. The molecule has 0 radical (unpaired) electrons. The number of likely N-dealkylation sites (tertiary alicyclic amines) is 1. The van der Waals surface area contributed by atoms with Gasteiger partial charge < -0.3 is 10.2 Å². The lowest BCUT2D eigenvalue weighted by molar-refractivity contribution is -0.168. The summed E-state index contributed by atoms with van der Waals surface area (Å²) in [5.41, 5.74) is -1.44. The van der Waals surface area contributed by atoms with Gasteiger partial charge in [-0.05, 0) is 19.8 Å². The van der Waals surface area contributed by atoms with E-state index in [1.54, 1.807) is 6.92 Å². The highest BCUT2D eigenvalue weighted by Crippen LogP contribution is 2.35. The lowest BCUT2D eigenvalue weighted by atomic mass is 9.92. The summed E-state index contributed by atoms with van der Waals surface area (Å²) in [5, 5.41) is 18.8. The van der Waals surface area contributed by atoms with Crippen LogP contribution < -0.4 is 0 Å². The Labute approximate surface area is 92.9 Å². The monoisotopic (exact) mass is 229 g/mol. The average molecular weight is 229 g/mol. The third-order valence-electron chi connectivity index (χ3n) is 3.07. The molecule has 1 saturated heterocycles. The van der Waals surface area contributed by atoms with Gasteiger partial charge in [0.15, 0.2) is 12.0 Å². The number of nitrogens with zero attached hydrogens (tertiary/aromatic N) is 1. The molecular formula is C10H15NO5. The van der Waals surface area contributed by atoms with Crippen LogP contribution in [0.25, 0.3) is 0 Å². The summed E-state index contributed by atoms with van der Waals surface area (Å²) in [4.78, 5) is 34.6. The lowest BCUT2D eigenvalue weighted by Crippen LogP contribution is -2.57. The molecule has 0 saturated carbocycles. The van der Waals surface area contributed by atoms with Crippen molar-refractivity contribution < 1.29 is 24.6 Å². The fraction of sp³-hybridized carbons (Fsp3) is 0.700. The van der Waals surface area contributed by atoms with E-state index >= 15 is 0 Å². The minimum atomic E-state index is -1.66. The van der Waals surface area contributed by atoms with Crippen LogP contribution >= 0.6 is 0 Å². The smallest absolute Gasteiger partial charge is 0.329 e. The number of aliphatic carboxylic acids is 1. The number of amides is 1. The Bertz CT molecular complexity index is 340. The molecule has 2 atom stereocenters. The van der Waals surface area contributed by atoms with Gasteiger partial charge in [-0.2, -0.15) is 0 Å². The molecule has 0 aromatic rings. The third kappa shape index (κ3) is 1.69. The van der Waals surface area contributed by atoms with Crippen LogP contribution in [-0.2, 0) is 14.4 Å². The number of Topliss-reactive ketones (excluding diaryl/α,β-unsaturated/α-hetero) is 1. The zero-order valence-electron chi connectivity index (χ0n) is 9.27. The van der Waals surface area contributed by atoms with Crippen molar-refractivity contribution in [2.75, 3.05) is 0 Å². The van der Waals surface area contributed by atoms with E-state index in [-0.39, 0.29) is 19.3 Å². The van der Waals surface area contributed by atoms with Crippen LogP contribution in [0.4, 0.5) is 0 Å². The number of rotatable bonds is 4. The molecule has 2 N–H and O–H groups in total. The van der Waals surface area contributed by atoms with E-state index in [4.69, 9.17) is 5.11 Å². The molecule has 0 bridgehead atoms. The Hall–Kier alpha value is -1.43. The molecule has 0 aromatic heterocycles. The highest BCUT2D eigenvalue weighted by molar-refractivity contribution is 5.94. The molecule has 0 aromatic carbocycles. The summed E-state index contributed by atoms with van der Waals surface area (Å²) in [6.07, 6.45) is -1.32. The highest BCUT2D eigenvalue weighted by Gasteiger charge is 2.53. The second-order valence-electron chi connectivity index (χ2n) is 3.94. The quantitative estimate of drug-likeness (QED) is 0.693. The number of hydrogen-bond donors (Lipinski definition) is 2. The van der Waals surface area contributed by atoms with Gasteiger partial charge in [-0.3, -0.25) is 14.5 Å². The van der Waals surface area contributed by atoms with Crippen molar-refractivity contribution >= 4 is 17.7 Å². The number of carbonyl (C=O) groups excluding carboxylic acids is 2. The first-order valence-electron chi connectivity index (χ1n) is 5.11. The molecule has 1 aliphatic rings. The maximum atomic E-state index is 11.5. The van der Waals surface area contributed by atoms with Crippen LogP contribution in [0.1, 0.15) is 33.1 Å². The van der Waals surface area contributed by atoms with E-state index in [0.29, 0.717) is 0 Å². The van der Waals surface area contributed by atoms with E-state index in [1.165, 1.54) is 0 Å². The van der Waals surface area contributed by atoms with Gasteiger partial charge in [-0.25, -0.2) is 4.79 Å². The topological polar surface area (TPSA) is 94.9 Å². The Kier molecular flexibility index (Phi) is 3.32. The molecule has 1 fully saturated rings. The van der Waals surface area contributed by atoms with Crippen molar-refractivity contribution in [1.29, 1.82) is 0 Å². The zero-order valence-corrected chi connectivity index (χ0v) is 9.27. The Morgan fingerprint density at radius 2 is 2.12 bits per heavy atom. The van der Waals surface area contributed by atoms with Crippen molar-refractivity contribution in [3.63, 3.8) is 0 Å². The number of carboxylic acid groups (broad SMARTS) is 1. The summed E-state index contributed by atoms with van der Waals surface area (Å²) in [6, 6.07) is 0. The van der Waals surface area contributed by atoms with Crippen LogP contribution in [0, 0.1) is 0 Å². The van der Waals surface area contributed by atoms with Crippen molar-refractivity contribution in [3.8, 4) is 0 Å². The SMILES string of the molecule is CC[C@@]1(C(=O)O)CCC(=O)N1C(O)C(C)=O. The molecule has 6 nitrogen and oxygen atoms in total. The molecule has 1 heterocycles. The largest absolute Gasteiger partial charge is 0.479 e. The minimum Gasteiger partial charge on any atom is -0.479 e. The molecule has 0 aliphatic carbocycles. The number of aliphatic hydroxyl groups is 1. The summed E-state index contributed by atoms with van der Waals surface area (Å²) >= 11 is 0. The third-order valence-corrected chi connectivity index (χ3v) is 3.07. The zero-order chi connectivity index (χ0) is 12.5. The standard InChI is InChI=1S/C10H15NO5/c1-3-10(9(15)16)5-4-7(13)11(10)8(14)6(2)12/h8,14H,3-5H2,1-2H3,(H,15,16)/t8?,10-/m0/s1. The van der Waals surface area contributed by atoms with Crippen molar-refractivity contribution in [2.24, 2.45) is 0 Å². The van der Waals surface area contributed by atoms with Crippen LogP contribution in [-0.4, -0.2) is 44.5 Å². The maximum Gasteiger partial charge on any atom is 0.329 e. The van der Waals surface area contributed by atoms with Gasteiger partial charge >= 0.3 is 5.97 Å². The van der Waals surface area contributed by atoms with Gasteiger partial charge in [0.1, 0.15) is 5.54 Å². The van der Waals surface area contributed by atoms with E-state index in [9.17, 15) is 19.5 Å². The predicted molar refractivity (Wildman–Crippen MR) is 53.4 cm³/mol. The summed E-state index contributed by atoms with van der Waals surface area (Å²) < 4.78 is 0. The van der Waals surface area contributed by atoms with Gasteiger partial charge in [0.25, 0.3) is 0 Å². The summed E-state index contributed by atoms with van der Waals surface area (Å²) in [6.45, 7) is 2.74. The van der Waals surface area contributed by atoms with Crippen LogP contribution in [0.2, 0.25) is 0 Å². The Morgan fingerprint density at radius 3 is 2.50 bits per heavy atom. The van der Waals surface area contributed by atoms with Crippen molar-refractivity contribution in [2.45, 2.75) is 44.9 Å². The first-order valence-corrected chi connectivity index (χ1v) is 5.11. The van der Waals surface area contributed by atoms with E-state index in [2.05, 4.69) is 0 Å². The lowest BCUT2D eigenvalue weighted by Gasteiger charge is -2.36. The van der Waals surface area contributed by atoms with E-state index in [0.717, 1.165) is 11.8 Å². The molecule has 6 heteroatoms. The molecular weight excluding hydrogens is 214 g/mol. The fourth-order valence-electron chi connectivity index (χ4n) is 2.05. The molecule has 1 aliphatic heterocycles. The fourth-order valence-corrected chi connectivity index (χ4v) is 2.05. The number of carboxylic acids is 1. The van der Waals surface area contributed by atoms with E-state index < -0.39 is 29.4 Å². The van der Waals surface area contributed by atoms with Crippen molar-refractivity contribution in [1.82, 2.24) is 4.90 Å². The summed E-state index contributed by atoms with van der Waals surface area (Å²) in [7, 11) is 0. The van der Waals surface area contributed by atoms with Gasteiger partial charge in [-0.15, -0.1) is 0 Å². The highest BCUT2D eigenvalue weighted by atomic mass is 16.4. The first-order chi connectivity index (χ1) is 7.36. The van der Waals surface area contributed by atoms with Gasteiger partial charge in [-0.1, -0.05) is 6.92 Å². The normalized spacial score (nSPS) is 26.9. The van der Waals surface area contributed by atoms with Crippen LogP contribution in [0.3, 0.4) is 0 Å². The second-order valence-corrected chi connectivity index (χ2v) is 3.94. The van der Waals surface area contributed by atoms with Gasteiger partial charge in [0, 0.05) is 6.42 Å². The molecule has 1 unspecified atom stereocenters. The van der Waals surface area contributed by atoms with E-state index in [1.807, 2.05) is 0 Å². The molecule has 1 rings (SSSR count). The molecule has 16 heavy (non-hydrogen) atoms. The molecule has 0 spiro atoms. The number of hydrogen-bond acceptors (Lipinski definition) is 4. The summed E-state index contributed by atoms with van der Waals surface area (Å²) in [5.74, 6) is -2.30. The van der Waals surface area contributed by atoms with Gasteiger partial charge in [0.2, 0.25) is 5.91 Å². The van der Waals surface area contributed by atoms with Gasteiger partial charge in [0.05, 0.1) is 0 Å². The second kappa shape index (κ2) is 4.21. The molecule has 1 amide bonds. The Balaban J connectivity index is 3.14. The number of aliphatic hydroxyl groups excluding tert-OH is 1. The van der Waals surface area contributed by atoms with Crippen LogP contribution in [0.5, 0.6) is 0 Å². The van der Waals surface area contributed by atoms with Crippen molar-refractivity contribution in [3.05, 3.63) is 0 Å².